The van der Waals surface area contributed by atoms with Crippen molar-refractivity contribution in [2.45, 2.75) is 19.8 Å². The summed E-state index contributed by atoms with van der Waals surface area (Å²) in [6.45, 7) is 5.43. The third kappa shape index (κ3) is 2.49. The number of aromatic nitrogens is 3. The molecule has 1 saturated heterocycles. The predicted molar refractivity (Wildman–Crippen MR) is 77.6 cm³/mol. The van der Waals surface area contributed by atoms with Crippen molar-refractivity contribution in [1.29, 1.82) is 0 Å². The average Bonchev–Trinajstić information content (AvgIpc) is 2.89. The Labute approximate surface area is 123 Å². The number of rotatable bonds is 2. The van der Waals surface area contributed by atoms with Gasteiger partial charge in [-0.2, -0.15) is 15.0 Å². The second-order valence-corrected chi connectivity index (χ2v) is 5.40. The van der Waals surface area contributed by atoms with Gasteiger partial charge in [0.05, 0.1) is 24.7 Å². The molecule has 0 radical (unpaired) electrons. The van der Waals surface area contributed by atoms with Gasteiger partial charge in [-0.3, -0.25) is 0 Å². The van der Waals surface area contributed by atoms with Gasteiger partial charge in [-0.1, -0.05) is 6.07 Å². The molecule has 0 aliphatic carbocycles. The van der Waals surface area contributed by atoms with Gasteiger partial charge in [-0.15, -0.1) is 0 Å². The third-order valence-electron chi connectivity index (χ3n) is 3.96. The highest BCUT2D eigenvalue weighted by Gasteiger charge is 2.34. The van der Waals surface area contributed by atoms with E-state index in [1.165, 1.54) is 18.2 Å². The van der Waals surface area contributed by atoms with E-state index in [-0.39, 0.29) is 12.0 Å². The SMILES string of the molecule is COC(=O)N1CC(c2cnn(-c3ccc(C)c(C)c3)n2)C1. The molecule has 0 spiro atoms. The van der Waals surface area contributed by atoms with E-state index < -0.39 is 0 Å². The quantitative estimate of drug-likeness (QED) is 0.847. The molecule has 6 heteroatoms. The van der Waals surface area contributed by atoms with Crippen LogP contribution in [0.2, 0.25) is 0 Å². The average molecular weight is 286 g/mol. The van der Waals surface area contributed by atoms with E-state index in [9.17, 15) is 4.79 Å². The normalized spacial score (nSPS) is 14.9. The van der Waals surface area contributed by atoms with Gasteiger partial charge in [0.15, 0.2) is 0 Å². The standard InChI is InChI=1S/C15H18N4O2/c1-10-4-5-13(6-11(10)2)19-16-7-14(17-19)12-8-18(9-12)15(20)21-3/h4-7,12H,8-9H2,1-3H3. The summed E-state index contributed by atoms with van der Waals surface area (Å²) in [5.41, 5.74) is 4.33. The van der Waals surface area contributed by atoms with Crippen LogP contribution in [0.4, 0.5) is 4.79 Å². The van der Waals surface area contributed by atoms with Crippen molar-refractivity contribution in [1.82, 2.24) is 19.9 Å². The highest BCUT2D eigenvalue weighted by molar-refractivity contribution is 5.68. The number of methoxy groups -OCH3 is 1. The van der Waals surface area contributed by atoms with Gasteiger partial charge >= 0.3 is 6.09 Å². The Bertz CT molecular complexity index is 674. The predicted octanol–water partition coefficient (Wildman–Crippen LogP) is 2.05. The molecule has 0 N–H and O–H groups in total. The lowest BCUT2D eigenvalue weighted by Crippen LogP contribution is -2.48. The number of hydrogen-bond acceptors (Lipinski definition) is 4. The number of hydrogen-bond donors (Lipinski definition) is 0. The van der Waals surface area contributed by atoms with E-state index in [2.05, 4.69) is 40.9 Å². The minimum atomic E-state index is -0.284. The van der Waals surface area contributed by atoms with Gasteiger partial charge in [0.25, 0.3) is 0 Å². The molecule has 0 unspecified atom stereocenters. The number of benzene rings is 1. The maximum absolute atomic E-state index is 11.3. The zero-order valence-corrected chi connectivity index (χ0v) is 12.4. The van der Waals surface area contributed by atoms with Crippen LogP contribution in [0.1, 0.15) is 22.7 Å². The number of nitrogens with zero attached hydrogens (tertiary/aromatic N) is 4. The number of carbonyl (C=O) groups excluding carboxylic acids is 1. The Morgan fingerprint density at radius 1 is 1.29 bits per heavy atom. The maximum Gasteiger partial charge on any atom is 0.409 e. The minimum Gasteiger partial charge on any atom is -0.453 e. The summed E-state index contributed by atoms with van der Waals surface area (Å²) in [5.74, 6) is 0.240. The fraction of sp³-hybridized carbons (Fsp3) is 0.400. The van der Waals surface area contributed by atoms with E-state index in [4.69, 9.17) is 0 Å². The van der Waals surface area contributed by atoms with Crippen LogP contribution in [0.15, 0.2) is 24.4 Å². The number of carbonyl (C=O) groups is 1. The van der Waals surface area contributed by atoms with Crippen LogP contribution in [0.25, 0.3) is 5.69 Å². The number of ether oxygens (including phenoxy) is 1. The lowest BCUT2D eigenvalue weighted by molar-refractivity contribution is 0.0872. The smallest absolute Gasteiger partial charge is 0.409 e. The van der Waals surface area contributed by atoms with E-state index in [1.54, 1.807) is 15.9 Å². The number of amides is 1. The molecule has 2 aromatic rings. The van der Waals surface area contributed by atoms with Gasteiger partial charge in [0, 0.05) is 19.0 Å². The molecule has 1 aromatic carbocycles. The molecule has 110 valence electrons. The zero-order valence-electron chi connectivity index (χ0n) is 12.4. The topological polar surface area (TPSA) is 60.2 Å². The zero-order chi connectivity index (χ0) is 15.0. The highest BCUT2D eigenvalue weighted by Crippen LogP contribution is 2.26. The lowest BCUT2D eigenvalue weighted by Gasteiger charge is -2.36. The molecule has 21 heavy (non-hydrogen) atoms. The first-order chi connectivity index (χ1) is 10.1. The molecule has 3 rings (SSSR count). The van der Waals surface area contributed by atoms with Crippen LogP contribution in [-0.2, 0) is 4.74 Å². The van der Waals surface area contributed by atoms with Crippen LogP contribution in [0.5, 0.6) is 0 Å². The van der Waals surface area contributed by atoms with Crippen molar-refractivity contribution in [3.8, 4) is 5.69 Å². The van der Waals surface area contributed by atoms with Gasteiger partial charge in [0.1, 0.15) is 0 Å². The fourth-order valence-electron chi connectivity index (χ4n) is 2.38. The molecular formula is C15H18N4O2. The van der Waals surface area contributed by atoms with E-state index in [0.29, 0.717) is 13.1 Å². The Morgan fingerprint density at radius 3 is 2.71 bits per heavy atom. The first-order valence-electron chi connectivity index (χ1n) is 6.91. The Hall–Kier alpha value is -2.37. The first-order valence-corrected chi connectivity index (χ1v) is 6.91. The van der Waals surface area contributed by atoms with E-state index >= 15 is 0 Å². The summed E-state index contributed by atoms with van der Waals surface area (Å²) in [6.07, 6.45) is 1.49. The van der Waals surface area contributed by atoms with Crippen LogP contribution < -0.4 is 0 Å². The molecule has 0 atom stereocenters. The van der Waals surface area contributed by atoms with Crippen LogP contribution >= 0.6 is 0 Å². The molecule has 1 aliphatic rings. The molecule has 2 heterocycles. The molecule has 1 fully saturated rings. The van der Waals surface area contributed by atoms with Crippen molar-refractivity contribution in [2.75, 3.05) is 20.2 Å². The summed E-state index contributed by atoms with van der Waals surface area (Å²) in [5, 5.41) is 8.84. The fourth-order valence-corrected chi connectivity index (χ4v) is 2.38. The molecule has 6 nitrogen and oxygen atoms in total. The second-order valence-electron chi connectivity index (χ2n) is 5.40. The summed E-state index contributed by atoms with van der Waals surface area (Å²) in [4.78, 5) is 14.6. The largest absolute Gasteiger partial charge is 0.453 e. The van der Waals surface area contributed by atoms with Crippen molar-refractivity contribution in [3.05, 3.63) is 41.2 Å². The van der Waals surface area contributed by atoms with Crippen LogP contribution in [0.3, 0.4) is 0 Å². The van der Waals surface area contributed by atoms with Crippen molar-refractivity contribution in [2.24, 2.45) is 0 Å². The monoisotopic (exact) mass is 286 g/mol. The van der Waals surface area contributed by atoms with Gasteiger partial charge in [-0.25, -0.2) is 4.79 Å². The minimum absolute atomic E-state index is 0.240. The van der Waals surface area contributed by atoms with E-state index in [0.717, 1.165) is 11.4 Å². The second kappa shape index (κ2) is 5.20. The number of likely N-dealkylation sites (tertiary alicyclic amines) is 1. The Balaban J connectivity index is 1.73. The number of aryl methyl sites for hydroxylation is 2. The molecule has 1 aromatic heterocycles. The van der Waals surface area contributed by atoms with Crippen molar-refractivity contribution < 1.29 is 9.53 Å². The highest BCUT2D eigenvalue weighted by atomic mass is 16.5. The van der Waals surface area contributed by atoms with Crippen molar-refractivity contribution >= 4 is 6.09 Å². The molecule has 1 aliphatic heterocycles. The Morgan fingerprint density at radius 2 is 2.05 bits per heavy atom. The van der Waals surface area contributed by atoms with Gasteiger partial charge in [-0.05, 0) is 37.1 Å². The van der Waals surface area contributed by atoms with Gasteiger partial charge in [0.2, 0.25) is 0 Å². The molecule has 0 bridgehead atoms. The lowest BCUT2D eigenvalue weighted by atomic mass is 9.98. The third-order valence-corrected chi connectivity index (χ3v) is 3.96. The van der Waals surface area contributed by atoms with Gasteiger partial charge < -0.3 is 9.64 Å². The van der Waals surface area contributed by atoms with Crippen molar-refractivity contribution in [3.63, 3.8) is 0 Å². The van der Waals surface area contributed by atoms with Crippen LogP contribution in [-0.4, -0.2) is 46.2 Å². The molecular weight excluding hydrogens is 268 g/mol. The Kier molecular flexibility index (Phi) is 3.37. The summed E-state index contributed by atoms with van der Waals surface area (Å²) in [7, 11) is 1.39. The first kappa shape index (κ1) is 13.6. The van der Waals surface area contributed by atoms with Crippen LogP contribution in [0, 0.1) is 13.8 Å². The molecule has 1 amide bonds. The van der Waals surface area contributed by atoms with E-state index in [1.807, 2.05) is 6.07 Å². The summed E-state index contributed by atoms with van der Waals surface area (Å²) >= 11 is 0. The molecule has 0 saturated carbocycles. The summed E-state index contributed by atoms with van der Waals surface area (Å²) in [6, 6.07) is 6.14. The summed E-state index contributed by atoms with van der Waals surface area (Å²) < 4.78 is 4.68. The maximum atomic E-state index is 11.3.